The van der Waals surface area contributed by atoms with Crippen molar-refractivity contribution in [3.63, 3.8) is 0 Å². The molecule has 0 rings (SSSR count). The van der Waals surface area contributed by atoms with Crippen molar-refractivity contribution in [2.45, 2.75) is 41.7 Å². The summed E-state index contributed by atoms with van der Waals surface area (Å²) in [6.45, 7) is 0. The van der Waals surface area contributed by atoms with Crippen LogP contribution in [0, 0.1) is 0 Å². The molecule has 0 fully saturated rings. The molecule has 0 saturated heterocycles. The first-order valence-electron chi connectivity index (χ1n) is 4.99. The average molecular weight is 413 g/mol. The minimum atomic E-state index is -8.35. The highest BCUT2D eigenvalue weighted by Gasteiger charge is 2.93. The summed E-state index contributed by atoms with van der Waals surface area (Å²) >= 11 is 0. The number of carbonyl (C=O) groups excluding carboxylic acids is 1. The zero-order valence-electron chi connectivity index (χ0n) is 10.5. The lowest BCUT2D eigenvalue weighted by Crippen LogP contribution is -2.78. The van der Waals surface area contributed by atoms with Crippen molar-refractivity contribution in [1.29, 1.82) is 0 Å². The fourth-order valence-corrected chi connectivity index (χ4v) is 1.24. The molecule has 0 bridgehead atoms. The van der Waals surface area contributed by atoms with E-state index in [1.165, 1.54) is 0 Å². The van der Waals surface area contributed by atoms with E-state index >= 15 is 0 Å². The van der Waals surface area contributed by atoms with E-state index in [-0.39, 0.29) is 0 Å². The zero-order valence-corrected chi connectivity index (χ0v) is 10.5. The molecule has 0 aliphatic carbocycles. The van der Waals surface area contributed by atoms with Crippen molar-refractivity contribution in [2.75, 3.05) is 0 Å². The minimum Gasteiger partial charge on any atom is -0.546 e. The molecule has 0 aliphatic rings. The summed E-state index contributed by atoms with van der Waals surface area (Å²) in [5.41, 5.74) is -8.13. The summed E-state index contributed by atoms with van der Waals surface area (Å²) in [5, 5.41) is 10.0. The normalized spacial score (nSPS) is 16.1. The Hall–Kier alpha value is -1.58. The molecular formula is C8F15O2-. The van der Waals surface area contributed by atoms with Crippen LogP contribution >= 0.6 is 0 Å². The van der Waals surface area contributed by atoms with Gasteiger partial charge >= 0.3 is 36.0 Å². The predicted molar refractivity (Wildman–Crippen MR) is 40.7 cm³/mol. The molecule has 0 aliphatic heterocycles. The Labute approximate surface area is 125 Å². The van der Waals surface area contributed by atoms with Gasteiger partial charge in [-0.2, -0.15) is 61.5 Å². The van der Waals surface area contributed by atoms with Gasteiger partial charge in [0.2, 0.25) is 0 Å². The van der Waals surface area contributed by atoms with E-state index in [0.717, 1.165) is 0 Å². The maximum Gasteiger partial charge on any atom is 0.460 e. The van der Waals surface area contributed by atoms with Gasteiger partial charge in [-0.1, -0.05) is 0 Å². The molecule has 0 N–H and O–H groups in total. The van der Waals surface area contributed by atoms with E-state index in [4.69, 9.17) is 0 Å². The highest BCUT2D eigenvalue weighted by molar-refractivity contribution is 5.79. The van der Waals surface area contributed by atoms with Crippen LogP contribution in [-0.2, 0) is 4.79 Å². The summed E-state index contributed by atoms with van der Waals surface area (Å²) < 4.78 is 186. The SMILES string of the molecule is O=C([O-])C(F)(C(F)(F)C(F)(F)C(F)(F)F)C(F)(F)C(F)(F)C(F)(F)F. The molecule has 0 spiro atoms. The van der Waals surface area contributed by atoms with Gasteiger partial charge < -0.3 is 9.90 Å². The van der Waals surface area contributed by atoms with Crippen LogP contribution in [0.5, 0.6) is 0 Å². The number of hydrogen-bond donors (Lipinski definition) is 0. The van der Waals surface area contributed by atoms with E-state index in [0.29, 0.717) is 0 Å². The molecule has 0 unspecified atom stereocenters. The standard InChI is InChI=1S/C8HF15O2/c9-2(1(24)25,3(10,11)5(14,15)7(18,19)20)4(12,13)6(16,17)8(21,22)23/h(H,24,25)/p-1. The molecule has 2 nitrogen and oxygen atoms in total. The number of alkyl halides is 15. The monoisotopic (exact) mass is 413 g/mol. The first kappa shape index (κ1) is 23.4. The highest BCUT2D eigenvalue weighted by Crippen LogP contribution is 2.61. The van der Waals surface area contributed by atoms with Gasteiger partial charge in [-0.05, 0) is 0 Å². The highest BCUT2D eigenvalue weighted by atomic mass is 19.4. The first-order valence-corrected chi connectivity index (χ1v) is 4.99. The Morgan fingerprint density at radius 3 is 0.800 bits per heavy atom. The third-order valence-electron chi connectivity index (χ3n) is 2.65. The summed E-state index contributed by atoms with van der Waals surface area (Å²) in [6.07, 6.45) is -15.5. The summed E-state index contributed by atoms with van der Waals surface area (Å²) in [5.74, 6) is -38.0. The largest absolute Gasteiger partial charge is 0.546 e. The second kappa shape index (κ2) is 5.46. The van der Waals surface area contributed by atoms with Crippen molar-refractivity contribution in [2.24, 2.45) is 0 Å². The van der Waals surface area contributed by atoms with Crippen LogP contribution in [0.2, 0.25) is 0 Å². The van der Waals surface area contributed by atoms with E-state index in [2.05, 4.69) is 0 Å². The topological polar surface area (TPSA) is 40.1 Å². The second-order valence-electron chi connectivity index (χ2n) is 4.24. The maximum atomic E-state index is 13.4. The number of carbonyl (C=O) groups is 1. The van der Waals surface area contributed by atoms with E-state index < -0.39 is 47.7 Å². The molecule has 25 heavy (non-hydrogen) atoms. The van der Waals surface area contributed by atoms with Crippen LogP contribution in [0.4, 0.5) is 65.9 Å². The average Bonchev–Trinajstić information content (AvgIpc) is 2.33. The lowest BCUT2D eigenvalue weighted by Gasteiger charge is -2.44. The molecule has 0 atom stereocenters. The molecule has 0 aromatic rings. The number of rotatable bonds is 5. The van der Waals surface area contributed by atoms with Crippen molar-refractivity contribution in [3.8, 4) is 0 Å². The zero-order chi connectivity index (χ0) is 21.1. The molecular weight excluding hydrogens is 413 g/mol. The van der Waals surface area contributed by atoms with Crippen LogP contribution in [0.3, 0.4) is 0 Å². The van der Waals surface area contributed by atoms with Gasteiger partial charge in [0, 0.05) is 0 Å². The van der Waals surface area contributed by atoms with Crippen LogP contribution in [0.1, 0.15) is 0 Å². The van der Waals surface area contributed by atoms with Crippen LogP contribution in [0.25, 0.3) is 0 Å². The third-order valence-corrected chi connectivity index (χ3v) is 2.65. The van der Waals surface area contributed by atoms with Crippen LogP contribution < -0.4 is 5.11 Å². The number of hydrogen-bond acceptors (Lipinski definition) is 2. The number of carboxylic acid groups (broad SMARTS) is 1. The molecule has 0 heterocycles. The Morgan fingerprint density at radius 2 is 0.680 bits per heavy atom. The summed E-state index contributed by atoms with van der Waals surface area (Å²) in [7, 11) is 0. The predicted octanol–water partition coefficient (Wildman–Crippen LogP) is 3.11. The third kappa shape index (κ3) is 2.74. The maximum absolute atomic E-state index is 13.4. The fraction of sp³-hybridized carbons (Fsp3) is 0.875. The molecule has 17 heteroatoms. The molecule has 0 aromatic carbocycles. The lowest BCUT2D eigenvalue weighted by atomic mass is 9.82. The van der Waals surface area contributed by atoms with Crippen molar-refractivity contribution >= 4 is 5.97 Å². The Morgan fingerprint density at radius 1 is 0.480 bits per heavy atom. The molecule has 0 amide bonds. The van der Waals surface area contributed by atoms with Gasteiger partial charge in [-0.15, -0.1) is 0 Å². The second-order valence-corrected chi connectivity index (χ2v) is 4.24. The van der Waals surface area contributed by atoms with Gasteiger partial charge in [-0.25, -0.2) is 4.39 Å². The number of halogens is 15. The van der Waals surface area contributed by atoms with Crippen molar-refractivity contribution in [1.82, 2.24) is 0 Å². The van der Waals surface area contributed by atoms with Gasteiger partial charge in [0.25, 0.3) is 5.67 Å². The smallest absolute Gasteiger partial charge is 0.460 e. The molecule has 0 aromatic heterocycles. The Balaban J connectivity index is 6.89. The van der Waals surface area contributed by atoms with E-state index in [1.807, 2.05) is 0 Å². The molecule has 0 radical (unpaired) electrons. The summed E-state index contributed by atoms with van der Waals surface area (Å²) in [4.78, 5) is 10.0. The van der Waals surface area contributed by atoms with Gasteiger partial charge in [0.15, 0.2) is 0 Å². The molecule has 0 saturated carbocycles. The fourth-order valence-electron chi connectivity index (χ4n) is 1.24. The van der Waals surface area contributed by atoms with Crippen molar-refractivity contribution < 1.29 is 75.8 Å². The number of carboxylic acids is 1. The number of aliphatic carboxylic acids is 1. The van der Waals surface area contributed by atoms with E-state index in [9.17, 15) is 75.8 Å². The van der Waals surface area contributed by atoms with Gasteiger partial charge in [-0.3, -0.25) is 0 Å². The van der Waals surface area contributed by atoms with Gasteiger partial charge in [0.05, 0.1) is 5.97 Å². The first-order chi connectivity index (χ1) is 10.4. The van der Waals surface area contributed by atoms with Crippen LogP contribution in [0.15, 0.2) is 0 Å². The Bertz CT molecular complexity index is 489. The lowest BCUT2D eigenvalue weighted by molar-refractivity contribution is -0.444. The van der Waals surface area contributed by atoms with Gasteiger partial charge in [0.1, 0.15) is 0 Å². The molecule has 150 valence electrons. The van der Waals surface area contributed by atoms with Crippen molar-refractivity contribution in [3.05, 3.63) is 0 Å². The minimum absolute atomic E-state index is 5.07. The van der Waals surface area contributed by atoms with E-state index in [1.54, 1.807) is 0 Å². The summed E-state index contributed by atoms with van der Waals surface area (Å²) in [6, 6.07) is 0. The quantitative estimate of drug-likeness (QED) is 0.651. The Kier molecular flexibility index (Phi) is 5.11. The van der Waals surface area contributed by atoms with Crippen LogP contribution in [-0.4, -0.2) is 47.7 Å².